The normalized spacial score (nSPS) is 14.7. The van der Waals surface area contributed by atoms with Gasteiger partial charge in [-0.25, -0.2) is 0 Å². The van der Waals surface area contributed by atoms with Gasteiger partial charge in [0.15, 0.2) is 0 Å². The van der Waals surface area contributed by atoms with Gasteiger partial charge in [0, 0.05) is 6.42 Å². The number of quaternary nitrogens is 1. The first-order chi connectivity index (χ1) is 26.0. The predicted molar refractivity (Wildman–Crippen MR) is 228 cm³/mol. The largest absolute Gasteiger partial charge is 0.756 e. The third kappa shape index (κ3) is 39.0. The molecule has 0 radical (unpaired) electrons. The quantitative estimate of drug-likeness (QED) is 0.0277. The molecule has 9 heteroatoms. The van der Waals surface area contributed by atoms with Crippen LogP contribution in [0.2, 0.25) is 0 Å². The highest BCUT2D eigenvalue weighted by Gasteiger charge is 2.23. The molecule has 0 fully saturated rings. The van der Waals surface area contributed by atoms with Gasteiger partial charge in [-0.2, -0.15) is 0 Å². The van der Waals surface area contributed by atoms with E-state index in [1.807, 2.05) is 27.2 Å². The first-order valence-corrected chi connectivity index (χ1v) is 23.8. The van der Waals surface area contributed by atoms with Crippen LogP contribution in [-0.2, 0) is 18.4 Å². The number of unbranched alkanes of at least 4 members (excludes halogenated alkanes) is 23. The third-order valence-electron chi connectivity index (χ3n) is 9.83. The van der Waals surface area contributed by atoms with Crippen LogP contribution < -0.4 is 10.2 Å². The number of hydrogen-bond donors (Lipinski definition) is 2. The first-order valence-electron chi connectivity index (χ1n) is 22.4. The number of phosphoric acid groups is 1. The number of carbonyl (C=O) groups is 1. The van der Waals surface area contributed by atoms with Gasteiger partial charge >= 0.3 is 0 Å². The van der Waals surface area contributed by atoms with Crippen LogP contribution in [0.15, 0.2) is 36.5 Å². The highest BCUT2D eigenvalue weighted by atomic mass is 31.2. The summed E-state index contributed by atoms with van der Waals surface area (Å²) in [6.45, 7) is 4.59. The second-order valence-electron chi connectivity index (χ2n) is 16.4. The van der Waals surface area contributed by atoms with Crippen molar-refractivity contribution < 1.29 is 32.9 Å². The van der Waals surface area contributed by atoms with Gasteiger partial charge in [0.25, 0.3) is 7.82 Å². The highest BCUT2D eigenvalue weighted by Crippen LogP contribution is 2.38. The fourth-order valence-electron chi connectivity index (χ4n) is 6.24. The summed E-state index contributed by atoms with van der Waals surface area (Å²) in [4.78, 5) is 25.3. The Morgan fingerprint density at radius 3 is 1.50 bits per heavy atom. The van der Waals surface area contributed by atoms with Gasteiger partial charge in [0.2, 0.25) is 5.91 Å². The third-order valence-corrected chi connectivity index (χ3v) is 10.8. The van der Waals surface area contributed by atoms with Crippen molar-refractivity contribution in [2.45, 2.75) is 206 Å². The Kier molecular flexibility index (Phi) is 36.4. The van der Waals surface area contributed by atoms with Crippen LogP contribution in [0.3, 0.4) is 0 Å². The second kappa shape index (κ2) is 37.3. The summed E-state index contributed by atoms with van der Waals surface area (Å²) in [5.41, 5.74) is 0. The molecule has 0 heterocycles. The van der Waals surface area contributed by atoms with Crippen molar-refractivity contribution in [3.05, 3.63) is 36.5 Å². The molecule has 3 atom stereocenters. The monoisotopic (exact) mass is 783 g/mol. The maximum atomic E-state index is 12.8. The number of likely N-dealkylation sites (N-methyl/N-ethyl adjacent to an activating group) is 1. The van der Waals surface area contributed by atoms with E-state index in [1.165, 1.54) is 128 Å². The van der Waals surface area contributed by atoms with E-state index in [1.54, 1.807) is 6.08 Å². The molecular formula is C45H87N2O6P. The summed E-state index contributed by atoms with van der Waals surface area (Å²) in [5.74, 6) is -0.211. The minimum Gasteiger partial charge on any atom is -0.756 e. The molecule has 0 rings (SSSR count). The summed E-state index contributed by atoms with van der Waals surface area (Å²) in [7, 11) is 1.24. The minimum atomic E-state index is -4.59. The van der Waals surface area contributed by atoms with E-state index in [0.29, 0.717) is 17.4 Å². The lowest BCUT2D eigenvalue weighted by Gasteiger charge is -2.29. The van der Waals surface area contributed by atoms with Crippen LogP contribution in [0.4, 0.5) is 0 Å². The van der Waals surface area contributed by atoms with E-state index in [4.69, 9.17) is 9.05 Å². The average Bonchev–Trinajstić information content (AvgIpc) is 3.12. The fraction of sp³-hybridized carbons (Fsp3) is 0.844. The van der Waals surface area contributed by atoms with Gasteiger partial charge in [-0.1, -0.05) is 179 Å². The van der Waals surface area contributed by atoms with Crippen molar-refractivity contribution >= 4 is 13.7 Å². The molecule has 0 spiro atoms. The van der Waals surface area contributed by atoms with E-state index < -0.39 is 26.6 Å². The summed E-state index contributed by atoms with van der Waals surface area (Å²) in [6, 6.07) is -0.905. The van der Waals surface area contributed by atoms with Crippen LogP contribution in [0.5, 0.6) is 0 Å². The van der Waals surface area contributed by atoms with Gasteiger partial charge in [-0.05, 0) is 44.9 Å². The number of amides is 1. The number of aliphatic hydroxyl groups excluding tert-OH is 1. The Hall–Kier alpha value is -1.28. The molecule has 3 unspecified atom stereocenters. The van der Waals surface area contributed by atoms with Gasteiger partial charge in [0.05, 0.1) is 39.9 Å². The maximum absolute atomic E-state index is 12.8. The Morgan fingerprint density at radius 1 is 0.630 bits per heavy atom. The number of hydrogen-bond acceptors (Lipinski definition) is 6. The van der Waals surface area contributed by atoms with Crippen molar-refractivity contribution in [2.75, 3.05) is 40.9 Å². The van der Waals surface area contributed by atoms with E-state index in [9.17, 15) is 19.4 Å². The topological polar surface area (TPSA) is 108 Å². The molecule has 8 nitrogen and oxygen atoms in total. The molecule has 54 heavy (non-hydrogen) atoms. The summed E-state index contributed by atoms with van der Waals surface area (Å²) in [5, 5.41) is 13.7. The van der Waals surface area contributed by atoms with E-state index in [0.717, 1.165) is 44.9 Å². The molecule has 0 aliphatic rings. The number of allylic oxidation sites excluding steroid dienone is 5. The number of nitrogens with zero attached hydrogens (tertiary/aromatic N) is 1. The SMILES string of the molecule is CCCCCC/C=C/CC/C=C/CC/C=C/C(O)C(COP(=O)([O-])OCC[N+](C)(C)C)NC(=O)CCCCCCCCCCCCCCCCCCCC. The molecule has 2 N–H and O–H groups in total. The van der Waals surface area contributed by atoms with E-state index >= 15 is 0 Å². The van der Waals surface area contributed by atoms with Crippen molar-refractivity contribution in [3.63, 3.8) is 0 Å². The average molecular weight is 783 g/mol. The molecule has 1 amide bonds. The standard InChI is InChI=1S/C45H87N2O6P/c1-6-8-10-12-14-16-18-20-22-23-24-25-27-29-31-33-35-37-39-45(49)46-43(42-53-54(50,51)52-41-40-47(3,4)5)44(48)38-36-34-32-30-28-26-21-19-17-15-13-11-9-7-2/h17,19,28,30,36,38,43-44,48H,6-16,18,20-27,29,31-35,37,39-42H2,1-5H3,(H-,46,49,50,51)/b19-17+,30-28+,38-36+. The van der Waals surface area contributed by atoms with E-state index in [-0.39, 0.29) is 12.5 Å². The zero-order valence-corrected chi connectivity index (χ0v) is 36.8. The Bertz CT molecular complexity index is 980. The van der Waals surface area contributed by atoms with Gasteiger partial charge in [-0.3, -0.25) is 9.36 Å². The highest BCUT2D eigenvalue weighted by molar-refractivity contribution is 7.45. The van der Waals surface area contributed by atoms with Crippen LogP contribution in [0, 0.1) is 0 Å². The summed E-state index contributed by atoms with van der Waals surface area (Å²) < 4.78 is 23.2. The van der Waals surface area contributed by atoms with Crippen LogP contribution in [0.1, 0.15) is 194 Å². The fourth-order valence-corrected chi connectivity index (χ4v) is 6.97. The van der Waals surface area contributed by atoms with Crippen molar-refractivity contribution in [3.8, 4) is 0 Å². The van der Waals surface area contributed by atoms with Gasteiger partial charge in [-0.15, -0.1) is 0 Å². The lowest BCUT2D eigenvalue weighted by atomic mass is 10.0. The van der Waals surface area contributed by atoms with E-state index in [2.05, 4.69) is 43.5 Å². The summed E-state index contributed by atoms with van der Waals surface area (Å²) in [6.07, 6.45) is 44.8. The molecule has 318 valence electrons. The van der Waals surface area contributed by atoms with Crippen LogP contribution in [-0.4, -0.2) is 68.5 Å². The number of phosphoric ester groups is 1. The smallest absolute Gasteiger partial charge is 0.268 e. The lowest BCUT2D eigenvalue weighted by molar-refractivity contribution is -0.870. The van der Waals surface area contributed by atoms with Crippen LogP contribution >= 0.6 is 7.82 Å². The molecule has 0 aromatic heterocycles. The van der Waals surface area contributed by atoms with Crippen molar-refractivity contribution in [2.24, 2.45) is 0 Å². The molecule has 0 bridgehead atoms. The van der Waals surface area contributed by atoms with Crippen molar-refractivity contribution in [1.29, 1.82) is 0 Å². The number of carbonyl (C=O) groups excluding carboxylic acids is 1. The molecule has 0 saturated heterocycles. The molecule has 0 saturated carbocycles. The number of aliphatic hydroxyl groups is 1. The maximum Gasteiger partial charge on any atom is 0.268 e. The Balaban J connectivity index is 4.44. The van der Waals surface area contributed by atoms with Gasteiger partial charge < -0.3 is 28.8 Å². The molecular weight excluding hydrogens is 695 g/mol. The molecule has 0 aromatic carbocycles. The minimum absolute atomic E-state index is 0.00797. The summed E-state index contributed by atoms with van der Waals surface area (Å²) >= 11 is 0. The second-order valence-corrected chi connectivity index (χ2v) is 17.8. The first kappa shape index (κ1) is 52.7. The lowest BCUT2D eigenvalue weighted by Crippen LogP contribution is -2.45. The zero-order chi connectivity index (χ0) is 40.0. The number of rotatable bonds is 40. The Labute approximate surface area is 334 Å². The predicted octanol–water partition coefficient (Wildman–Crippen LogP) is 11.7. The van der Waals surface area contributed by atoms with Gasteiger partial charge in [0.1, 0.15) is 13.2 Å². The molecule has 0 aromatic rings. The van der Waals surface area contributed by atoms with Crippen molar-refractivity contribution in [1.82, 2.24) is 5.32 Å². The zero-order valence-electron chi connectivity index (χ0n) is 35.9. The molecule has 0 aliphatic carbocycles. The Morgan fingerprint density at radius 2 is 1.04 bits per heavy atom. The number of nitrogens with one attached hydrogen (secondary N) is 1. The van der Waals surface area contributed by atoms with Crippen LogP contribution in [0.25, 0.3) is 0 Å². The molecule has 0 aliphatic heterocycles.